The van der Waals surface area contributed by atoms with E-state index in [1.165, 1.54) is 31.5 Å². The monoisotopic (exact) mass is 351 g/mol. The van der Waals surface area contributed by atoms with Crippen LogP contribution in [0, 0.1) is 0 Å². The summed E-state index contributed by atoms with van der Waals surface area (Å²) in [6.45, 7) is 3.78. The van der Waals surface area contributed by atoms with Gasteiger partial charge in [-0.2, -0.15) is 0 Å². The number of nitrogens with zero attached hydrogens (tertiary/aromatic N) is 1. The van der Waals surface area contributed by atoms with Crippen molar-refractivity contribution in [3.8, 4) is 5.75 Å². The highest BCUT2D eigenvalue weighted by atomic mass is 16.5. The van der Waals surface area contributed by atoms with Crippen molar-refractivity contribution < 1.29 is 9.53 Å². The number of likely N-dealkylation sites (tertiary alicyclic amines) is 1. The van der Waals surface area contributed by atoms with Crippen LogP contribution >= 0.6 is 0 Å². The van der Waals surface area contributed by atoms with Crippen molar-refractivity contribution in [2.75, 3.05) is 25.0 Å². The zero-order valence-corrected chi connectivity index (χ0v) is 14.9. The normalized spacial score (nSPS) is 19.5. The molecule has 2 aromatic rings. The molecule has 4 rings (SSSR count). The third kappa shape index (κ3) is 4.17. The molecule has 136 valence electrons. The lowest BCUT2D eigenvalue weighted by Crippen LogP contribution is -2.44. The first-order valence-electron chi connectivity index (χ1n) is 9.36. The number of hydrogen-bond acceptors (Lipinski definition) is 3. The van der Waals surface area contributed by atoms with Crippen molar-refractivity contribution in [2.45, 2.75) is 31.8 Å². The van der Waals surface area contributed by atoms with E-state index in [0.29, 0.717) is 6.61 Å². The van der Waals surface area contributed by atoms with Gasteiger partial charge in [-0.3, -0.25) is 4.90 Å². The van der Waals surface area contributed by atoms with Crippen LogP contribution in [0.2, 0.25) is 0 Å². The van der Waals surface area contributed by atoms with E-state index in [-0.39, 0.29) is 12.1 Å². The Kier molecular flexibility index (Phi) is 5.07. The average molecular weight is 351 g/mol. The Hall–Kier alpha value is -2.53. The molecule has 2 heterocycles. The van der Waals surface area contributed by atoms with Crippen LogP contribution in [0.3, 0.4) is 0 Å². The second kappa shape index (κ2) is 7.79. The van der Waals surface area contributed by atoms with Gasteiger partial charge in [0.05, 0.1) is 6.04 Å². The summed E-state index contributed by atoms with van der Waals surface area (Å²) < 4.78 is 5.73. The van der Waals surface area contributed by atoms with E-state index in [1.807, 2.05) is 36.4 Å². The molecule has 1 atom stereocenters. The van der Waals surface area contributed by atoms with Gasteiger partial charge in [0, 0.05) is 12.2 Å². The van der Waals surface area contributed by atoms with Crippen LogP contribution in [-0.4, -0.2) is 36.7 Å². The lowest BCUT2D eigenvalue weighted by Gasteiger charge is -2.26. The fourth-order valence-electron chi connectivity index (χ4n) is 3.72. The van der Waals surface area contributed by atoms with Crippen molar-refractivity contribution in [1.29, 1.82) is 0 Å². The van der Waals surface area contributed by atoms with E-state index in [1.54, 1.807) is 0 Å². The molecule has 2 aromatic carbocycles. The number of rotatable bonds is 4. The number of fused-ring (bicyclic) bond motifs is 1. The van der Waals surface area contributed by atoms with E-state index in [4.69, 9.17) is 4.74 Å². The van der Waals surface area contributed by atoms with Crippen LogP contribution in [0.4, 0.5) is 10.5 Å². The molecule has 26 heavy (non-hydrogen) atoms. The maximum Gasteiger partial charge on any atom is 0.319 e. The zero-order chi connectivity index (χ0) is 17.8. The Morgan fingerprint density at radius 1 is 1.12 bits per heavy atom. The van der Waals surface area contributed by atoms with E-state index in [0.717, 1.165) is 30.0 Å². The van der Waals surface area contributed by atoms with Crippen LogP contribution in [-0.2, 0) is 13.0 Å². The highest BCUT2D eigenvalue weighted by molar-refractivity contribution is 5.89. The maximum absolute atomic E-state index is 12.4. The number of hydrogen-bond donors (Lipinski definition) is 2. The molecule has 0 aromatic heterocycles. The fourth-order valence-corrected chi connectivity index (χ4v) is 3.72. The molecule has 2 N–H and O–H groups in total. The van der Waals surface area contributed by atoms with E-state index in [9.17, 15) is 4.79 Å². The van der Waals surface area contributed by atoms with Crippen LogP contribution in [0.1, 0.15) is 24.0 Å². The number of carbonyl (C=O) groups excluding carboxylic acids is 1. The summed E-state index contributed by atoms with van der Waals surface area (Å²) in [7, 11) is 0. The molecule has 5 nitrogen and oxygen atoms in total. The van der Waals surface area contributed by atoms with E-state index < -0.39 is 0 Å². The largest absolute Gasteiger partial charge is 0.491 e. The Morgan fingerprint density at radius 2 is 1.96 bits per heavy atom. The molecule has 2 aliphatic rings. The van der Waals surface area contributed by atoms with Crippen molar-refractivity contribution in [2.24, 2.45) is 0 Å². The van der Waals surface area contributed by atoms with Crippen molar-refractivity contribution in [1.82, 2.24) is 10.2 Å². The van der Waals surface area contributed by atoms with Crippen molar-refractivity contribution in [3.63, 3.8) is 0 Å². The third-order valence-electron chi connectivity index (χ3n) is 5.00. The van der Waals surface area contributed by atoms with Gasteiger partial charge in [0.15, 0.2) is 0 Å². The number of carbonyl (C=O) groups is 1. The second-order valence-corrected chi connectivity index (χ2v) is 7.10. The van der Waals surface area contributed by atoms with Gasteiger partial charge >= 0.3 is 6.03 Å². The molecule has 0 aliphatic carbocycles. The highest BCUT2D eigenvalue weighted by Gasteiger charge is 2.21. The minimum Gasteiger partial charge on any atom is -0.491 e. The summed E-state index contributed by atoms with van der Waals surface area (Å²) in [5.41, 5.74) is 3.20. The number of amides is 2. The molecule has 2 aliphatic heterocycles. The molecule has 0 radical (unpaired) electrons. The van der Waals surface area contributed by atoms with Crippen molar-refractivity contribution in [3.05, 3.63) is 59.7 Å². The first-order chi connectivity index (χ1) is 12.8. The standard InChI is InChI=1S/C21H25N3O2/c25-21(23-19-13-17-7-1-2-9-20(17)26-15-19)22-18-8-5-6-16(12-18)14-24-10-3-4-11-24/h1-2,5-9,12,19H,3-4,10-11,13-15H2,(H2,22,23,25)/t19-/m0/s1. The smallest absolute Gasteiger partial charge is 0.319 e. The summed E-state index contributed by atoms with van der Waals surface area (Å²) >= 11 is 0. The zero-order valence-electron chi connectivity index (χ0n) is 14.9. The topological polar surface area (TPSA) is 53.6 Å². The van der Waals surface area contributed by atoms with E-state index >= 15 is 0 Å². The van der Waals surface area contributed by atoms with Gasteiger partial charge in [0.1, 0.15) is 12.4 Å². The SMILES string of the molecule is O=C(Nc1cccc(CN2CCCC2)c1)N[C@@H]1COc2ccccc2C1. The van der Waals surface area contributed by atoms with Gasteiger partial charge in [0.2, 0.25) is 0 Å². The minimum absolute atomic E-state index is 0.0160. The Balaban J connectivity index is 1.32. The molecule has 0 bridgehead atoms. The maximum atomic E-state index is 12.4. The molecule has 0 unspecified atom stereocenters. The average Bonchev–Trinajstić information content (AvgIpc) is 3.15. The fraction of sp³-hybridized carbons (Fsp3) is 0.381. The molecule has 0 spiro atoms. The molecular formula is C21H25N3O2. The second-order valence-electron chi connectivity index (χ2n) is 7.10. The minimum atomic E-state index is -0.184. The Bertz CT molecular complexity index is 771. The van der Waals surface area contributed by atoms with Crippen LogP contribution in [0.25, 0.3) is 0 Å². The van der Waals surface area contributed by atoms with Gasteiger partial charge < -0.3 is 15.4 Å². The Morgan fingerprint density at radius 3 is 2.85 bits per heavy atom. The Labute approximate surface area is 154 Å². The number of anilines is 1. The van der Waals surface area contributed by atoms with Crippen LogP contribution in [0.15, 0.2) is 48.5 Å². The number of nitrogens with one attached hydrogen (secondary N) is 2. The lowest BCUT2D eigenvalue weighted by atomic mass is 10.0. The van der Waals surface area contributed by atoms with Crippen LogP contribution < -0.4 is 15.4 Å². The number of para-hydroxylation sites is 1. The summed E-state index contributed by atoms with van der Waals surface area (Å²) in [5, 5.41) is 5.97. The molecule has 5 heteroatoms. The molecule has 0 saturated carbocycles. The summed E-state index contributed by atoms with van der Waals surface area (Å²) in [6, 6.07) is 15.9. The first-order valence-corrected chi connectivity index (χ1v) is 9.36. The molecular weight excluding hydrogens is 326 g/mol. The van der Waals surface area contributed by atoms with Gasteiger partial charge in [-0.05, 0) is 61.7 Å². The quantitative estimate of drug-likeness (QED) is 0.888. The molecule has 1 saturated heterocycles. The summed E-state index contributed by atoms with van der Waals surface area (Å²) in [6.07, 6.45) is 3.36. The summed E-state index contributed by atoms with van der Waals surface area (Å²) in [5.74, 6) is 0.917. The van der Waals surface area contributed by atoms with Gasteiger partial charge in [0.25, 0.3) is 0 Å². The van der Waals surface area contributed by atoms with Gasteiger partial charge in [-0.25, -0.2) is 4.79 Å². The predicted octanol–water partition coefficient (Wildman–Crippen LogP) is 3.41. The van der Waals surface area contributed by atoms with Gasteiger partial charge in [-0.15, -0.1) is 0 Å². The predicted molar refractivity (Wildman–Crippen MR) is 103 cm³/mol. The number of benzene rings is 2. The van der Waals surface area contributed by atoms with Crippen LogP contribution in [0.5, 0.6) is 5.75 Å². The summed E-state index contributed by atoms with van der Waals surface area (Å²) in [4.78, 5) is 14.8. The highest BCUT2D eigenvalue weighted by Crippen LogP contribution is 2.24. The number of ether oxygens (including phenoxy) is 1. The van der Waals surface area contributed by atoms with Gasteiger partial charge in [-0.1, -0.05) is 30.3 Å². The lowest BCUT2D eigenvalue weighted by molar-refractivity contribution is 0.222. The molecule has 1 fully saturated rings. The molecule has 2 amide bonds. The third-order valence-corrected chi connectivity index (χ3v) is 5.00. The van der Waals surface area contributed by atoms with E-state index in [2.05, 4.69) is 27.7 Å². The first kappa shape index (κ1) is 16.9. The van der Waals surface area contributed by atoms with Crippen molar-refractivity contribution >= 4 is 11.7 Å². The number of urea groups is 1.